The maximum atomic E-state index is 12.6. The molecule has 2 aromatic heterocycles. The lowest BCUT2D eigenvalue weighted by molar-refractivity contribution is 0.268. The van der Waals surface area contributed by atoms with Gasteiger partial charge in [-0.2, -0.15) is 9.61 Å². The van der Waals surface area contributed by atoms with E-state index in [-0.39, 0.29) is 5.56 Å². The number of aromatic nitrogens is 3. The zero-order chi connectivity index (χ0) is 18.6. The molecule has 0 N–H and O–H groups in total. The van der Waals surface area contributed by atoms with Crippen LogP contribution >= 0.6 is 11.3 Å². The number of rotatable bonds is 6. The van der Waals surface area contributed by atoms with E-state index in [9.17, 15) is 4.79 Å². The molecular formula is C21H26N4OS. The Labute approximate surface area is 163 Å². The molecular weight excluding hydrogens is 356 g/mol. The van der Waals surface area contributed by atoms with Crippen molar-refractivity contribution in [1.82, 2.24) is 19.5 Å². The molecule has 142 valence electrons. The summed E-state index contributed by atoms with van der Waals surface area (Å²) in [6.07, 6.45) is 6.21. The van der Waals surface area contributed by atoms with E-state index in [0.29, 0.717) is 12.5 Å². The fraction of sp³-hybridized carbons (Fsp3) is 0.476. The molecule has 0 radical (unpaired) electrons. The molecule has 0 atom stereocenters. The Hall–Kier alpha value is -2.05. The first-order chi connectivity index (χ1) is 13.2. The molecule has 0 saturated heterocycles. The standard InChI is InChI=1S/C21H26N4OS/c1-2-24(14-16-9-5-3-6-10-16)15-18-13-19(26)25-21(22-18)27-20(23-25)17-11-7-4-8-12-17/h3,5-6,9-10,13,17H,2,4,7-8,11-12,14-15H2,1H3. The second-order valence-electron chi connectivity index (χ2n) is 7.34. The average Bonchev–Trinajstić information content (AvgIpc) is 3.14. The van der Waals surface area contributed by atoms with Crippen LogP contribution in [-0.2, 0) is 13.1 Å². The minimum Gasteiger partial charge on any atom is -0.294 e. The zero-order valence-corrected chi connectivity index (χ0v) is 16.6. The predicted molar refractivity (Wildman–Crippen MR) is 109 cm³/mol. The third-order valence-electron chi connectivity index (χ3n) is 5.35. The van der Waals surface area contributed by atoms with Gasteiger partial charge >= 0.3 is 0 Å². The monoisotopic (exact) mass is 382 g/mol. The van der Waals surface area contributed by atoms with Crippen LogP contribution in [0.3, 0.4) is 0 Å². The Morgan fingerprint density at radius 1 is 1.15 bits per heavy atom. The van der Waals surface area contributed by atoms with Gasteiger partial charge in [-0.1, -0.05) is 67.9 Å². The van der Waals surface area contributed by atoms with E-state index in [0.717, 1.165) is 28.8 Å². The van der Waals surface area contributed by atoms with Crippen LogP contribution in [0.4, 0.5) is 0 Å². The van der Waals surface area contributed by atoms with E-state index < -0.39 is 0 Å². The number of benzene rings is 1. The molecule has 1 saturated carbocycles. The number of hydrogen-bond donors (Lipinski definition) is 0. The van der Waals surface area contributed by atoms with Gasteiger partial charge in [-0.3, -0.25) is 9.69 Å². The van der Waals surface area contributed by atoms with Crippen molar-refractivity contribution < 1.29 is 0 Å². The SMILES string of the molecule is CCN(Cc1ccccc1)Cc1cc(=O)n2nc(C3CCCCC3)sc2n1. The van der Waals surface area contributed by atoms with Crippen molar-refractivity contribution in [3.63, 3.8) is 0 Å². The fourth-order valence-corrected chi connectivity index (χ4v) is 4.91. The summed E-state index contributed by atoms with van der Waals surface area (Å²) in [4.78, 5) is 20.4. The molecule has 2 heterocycles. The number of hydrogen-bond acceptors (Lipinski definition) is 5. The second kappa shape index (κ2) is 8.31. The lowest BCUT2D eigenvalue weighted by Gasteiger charge is -2.19. The van der Waals surface area contributed by atoms with Gasteiger partial charge in [0.25, 0.3) is 5.56 Å². The van der Waals surface area contributed by atoms with Gasteiger partial charge in [-0.25, -0.2) is 4.98 Å². The maximum Gasteiger partial charge on any atom is 0.275 e. The maximum absolute atomic E-state index is 12.6. The molecule has 27 heavy (non-hydrogen) atoms. The normalized spacial score (nSPS) is 15.6. The summed E-state index contributed by atoms with van der Waals surface area (Å²) in [5.41, 5.74) is 2.04. The summed E-state index contributed by atoms with van der Waals surface area (Å²) in [5, 5.41) is 5.67. The molecule has 0 bridgehead atoms. The van der Waals surface area contributed by atoms with E-state index in [2.05, 4.69) is 41.2 Å². The molecule has 4 rings (SSSR count). The van der Waals surface area contributed by atoms with Gasteiger partial charge in [0.15, 0.2) is 0 Å². The van der Waals surface area contributed by atoms with Crippen LogP contribution in [0.5, 0.6) is 0 Å². The summed E-state index contributed by atoms with van der Waals surface area (Å²) in [5.74, 6) is 0.499. The third-order valence-corrected chi connectivity index (χ3v) is 6.42. The van der Waals surface area contributed by atoms with Crippen molar-refractivity contribution >= 4 is 16.3 Å². The highest BCUT2D eigenvalue weighted by Crippen LogP contribution is 2.34. The quantitative estimate of drug-likeness (QED) is 0.640. The molecule has 0 spiro atoms. The highest BCUT2D eigenvalue weighted by Gasteiger charge is 2.21. The zero-order valence-electron chi connectivity index (χ0n) is 15.8. The lowest BCUT2D eigenvalue weighted by Crippen LogP contribution is -2.25. The van der Waals surface area contributed by atoms with Crippen molar-refractivity contribution in [1.29, 1.82) is 0 Å². The van der Waals surface area contributed by atoms with E-state index in [1.807, 2.05) is 6.07 Å². The van der Waals surface area contributed by atoms with Crippen LogP contribution in [0.1, 0.15) is 61.2 Å². The molecule has 0 aliphatic heterocycles. The number of nitrogens with zero attached hydrogens (tertiary/aromatic N) is 4. The van der Waals surface area contributed by atoms with Gasteiger partial charge in [0.05, 0.1) is 5.69 Å². The third kappa shape index (κ3) is 4.28. The van der Waals surface area contributed by atoms with E-state index >= 15 is 0 Å². The topological polar surface area (TPSA) is 50.5 Å². The molecule has 1 aliphatic carbocycles. The van der Waals surface area contributed by atoms with Crippen LogP contribution in [0.2, 0.25) is 0 Å². The fourth-order valence-electron chi connectivity index (χ4n) is 3.82. The summed E-state index contributed by atoms with van der Waals surface area (Å²) < 4.78 is 1.49. The van der Waals surface area contributed by atoms with Crippen LogP contribution < -0.4 is 5.56 Å². The van der Waals surface area contributed by atoms with E-state index in [1.165, 1.54) is 42.2 Å². The second-order valence-corrected chi connectivity index (χ2v) is 8.33. The Morgan fingerprint density at radius 3 is 2.67 bits per heavy atom. The van der Waals surface area contributed by atoms with Gasteiger partial charge in [0.2, 0.25) is 4.96 Å². The molecule has 1 fully saturated rings. The van der Waals surface area contributed by atoms with E-state index in [1.54, 1.807) is 17.4 Å². The van der Waals surface area contributed by atoms with Gasteiger partial charge in [0.1, 0.15) is 5.01 Å². The van der Waals surface area contributed by atoms with Gasteiger partial charge in [-0.05, 0) is 24.9 Å². The Balaban J connectivity index is 1.55. The Kier molecular flexibility index (Phi) is 5.64. The summed E-state index contributed by atoms with van der Waals surface area (Å²) in [6.45, 7) is 4.58. The van der Waals surface area contributed by atoms with Crippen molar-refractivity contribution in [3.8, 4) is 0 Å². The molecule has 3 aromatic rings. The smallest absolute Gasteiger partial charge is 0.275 e. The van der Waals surface area contributed by atoms with Gasteiger partial charge in [-0.15, -0.1) is 0 Å². The minimum absolute atomic E-state index is 0.0657. The summed E-state index contributed by atoms with van der Waals surface area (Å²) in [6, 6.07) is 12.1. The first kappa shape index (κ1) is 18.3. The predicted octanol–water partition coefficient (Wildman–Crippen LogP) is 4.22. The number of fused-ring (bicyclic) bond motifs is 1. The largest absolute Gasteiger partial charge is 0.294 e. The minimum atomic E-state index is -0.0657. The highest BCUT2D eigenvalue weighted by molar-refractivity contribution is 7.16. The average molecular weight is 383 g/mol. The van der Waals surface area contributed by atoms with Crippen LogP contribution in [-0.4, -0.2) is 26.0 Å². The Bertz CT molecular complexity index is 944. The first-order valence-corrected chi connectivity index (χ1v) is 10.7. The van der Waals surface area contributed by atoms with Crippen molar-refractivity contribution in [3.05, 3.63) is 63.0 Å². The molecule has 1 aromatic carbocycles. The van der Waals surface area contributed by atoms with E-state index in [4.69, 9.17) is 4.98 Å². The molecule has 6 heteroatoms. The van der Waals surface area contributed by atoms with Crippen molar-refractivity contribution in [2.75, 3.05) is 6.54 Å². The molecule has 0 amide bonds. The van der Waals surface area contributed by atoms with Gasteiger partial charge in [0, 0.05) is 25.1 Å². The Morgan fingerprint density at radius 2 is 1.93 bits per heavy atom. The molecule has 0 unspecified atom stereocenters. The van der Waals surface area contributed by atoms with Crippen LogP contribution in [0, 0.1) is 0 Å². The molecule has 5 nitrogen and oxygen atoms in total. The highest BCUT2D eigenvalue weighted by atomic mass is 32.1. The summed E-state index contributed by atoms with van der Waals surface area (Å²) in [7, 11) is 0. The van der Waals surface area contributed by atoms with Gasteiger partial charge < -0.3 is 0 Å². The molecule has 1 aliphatic rings. The van der Waals surface area contributed by atoms with Crippen LogP contribution in [0.15, 0.2) is 41.2 Å². The van der Waals surface area contributed by atoms with Crippen molar-refractivity contribution in [2.45, 2.75) is 58.0 Å². The lowest BCUT2D eigenvalue weighted by atomic mass is 9.90. The first-order valence-electron chi connectivity index (χ1n) is 9.89. The van der Waals surface area contributed by atoms with Crippen LogP contribution in [0.25, 0.3) is 4.96 Å². The van der Waals surface area contributed by atoms with Crippen molar-refractivity contribution in [2.24, 2.45) is 0 Å². The summed E-state index contributed by atoms with van der Waals surface area (Å²) >= 11 is 1.59.